The fraction of sp³-hybridized carbons (Fsp3) is 0.600. The molecule has 1 aromatic carbocycles. The molecule has 88 valence electrons. The van der Waals surface area contributed by atoms with Crippen molar-refractivity contribution >= 4 is 0 Å². The second-order valence-corrected chi connectivity index (χ2v) is 4.95. The van der Waals surface area contributed by atoms with E-state index in [4.69, 9.17) is 0 Å². The van der Waals surface area contributed by atoms with Gasteiger partial charge in [-0.05, 0) is 37.3 Å². The lowest BCUT2D eigenvalue weighted by molar-refractivity contribution is 0.173. The number of piperidine rings is 1. The van der Waals surface area contributed by atoms with E-state index >= 15 is 0 Å². The topological polar surface area (TPSA) is 3.24 Å². The molecule has 1 heteroatoms. The first-order valence-electron chi connectivity index (χ1n) is 6.64. The Morgan fingerprint density at radius 2 is 2.06 bits per heavy atom. The molecule has 0 spiro atoms. The first-order chi connectivity index (χ1) is 7.88. The van der Waals surface area contributed by atoms with Crippen LogP contribution in [0.5, 0.6) is 0 Å². The SMILES string of the molecule is CC[C@@H]1CCCN(CCc2ccccc2)C1. The average molecular weight is 217 g/mol. The van der Waals surface area contributed by atoms with Crippen LogP contribution < -0.4 is 0 Å². The molecular formula is C15H23N. The molecule has 1 aliphatic heterocycles. The van der Waals surface area contributed by atoms with E-state index < -0.39 is 0 Å². The van der Waals surface area contributed by atoms with Gasteiger partial charge >= 0.3 is 0 Å². The molecule has 0 aromatic heterocycles. The zero-order valence-corrected chi connectivity index (χ0v) is 10.4. The van der Waals surface area contributed by atoms with Crippen molar-refractivity contribution < 1.29 is 0 Å². The molecule has 0 bridgehead atoms. The van der Waals surface area contributed by atoms with E-state index in [-0.39, 0.29) is 0 Å². The molecule has 1 atom stereocenters. The van der Waals surface area contributed by atoms with Crippen molar-refractivity contribution in [2.24, 2.45) is 5.92 Å². The highest BCUT2D eigenvalue weighted by atomic mass is 15.1. The third-order valence-corrected chi connectivity index (χ3v) is 3.74. The number of hydrogen-bond donors (Lipinski definition) is 0. The fourth-order valence-electron chi connectivity index (χ4n) is 2.62. The van der Waals surface area contributed by atoms with Crippen LogP contribution in [0.4, 0.5) is 0 Å². The fourth-order valence-corrected chi connectivity index (χ4v) is 2.62. The normalized spacial score (nSPS) is 22.2. The van der Waals surface area contributed by atoms with Gasteiger partial charge in [-0.3, -0.25) is 0 Å². The molecule has 0 unspecified atom stereocenters. The Hall–Kier alpha value is -0.820. The van der Waals surface area contributed by atoms with Crippen molar-refractivity contribution in [3.05, 3.63) is 35.9 Å². The first-order valence-corrected chi connectivity index (χ1v) is 6.64. The Kier molecular flexibility index (Phi) is 4.41. The summed E-state index contributed by atoms with van der Waals surface area (Å²) in [7, 11) is 0. The summed E-state index contributed by atoms with van der Waals surface area (Å²) in [6, 6.07) is 10.8. The minimum atomic E-state index is 0.949. The van der Waals surface area contributed by atoms with Gasteiger partial charge in [0.1, 0.15) is 0 Å². The van der Waals surface area contributed by atoms with Crippen LogP contribution in [-0.2, 0) is 6.42 Å². The maximum absolute atomic E-state index is 2.64. The summed E-state index contributed by atoms with van der Waals surface area (Å²) < 4.78 is 0. The van der Waals surface area contributed by atoms with Crippen molar-refractivity contribution in [3.63, 3.8) is 0 Å². The highest BCUT2D eigenvalue weighted by Gasteiger charge is 2.17. The van der Waals surface area contributed by atoms with Crippen LogP contribution in [0.15, 0.2) is 30.3 Å². The van der Waals surface area contributed by atoms with E-state index in [2.05, 4.69) is 42.2 Å². The molecule has 2 rings (SSSR count). The lowest BCUT2D eigenvalue weighted by Gasteiger charge is -2.32. The number of rotatable bonds is 4. The minimum absolute atomic E-state index is 0.949. The molecule has 1 fully saturated rings. The van der Waals surface area contributed by atoms with Gasteiger partial charge in [0.05, 0.1) is 0 Å². The van der Waals surface area contributed by atoms with Gasteiger partial charge in [-0.25, -0.2) is 0 Å². The monoisotopic (exact) mass is 217 g/mol. The molecule has 0 saturated carbocycles. The number of nitrogens with zero attached hydrogens (tertiary/aromatic N) is 1. The van der Waals surface area contributed by atoms with Gasteiger partial charge < -0.3 is 4.90 Å². The molecule has 0 aliphatic carbocycles. The first kappa shape index (κ1) is 11.7. The van der Waals surface area contributed by atoms with Crippen molar-refractivity contribution in [2.45, 2.75) is 32.6 Å². The van der Waals surface area contributed by atoms with Gasteiger partial charge in [-0.1, -0.05) is 43.7 Å². The third kappa shape index (κ3) is 3.34. The van der Waals surface area contributed by atoms with Crippen LogP contribution in [0.2, 0.25) is 0 Å². The third-order valence-electron chi connectivity index (χ3n) is 3.74. The van der Waals surface area contributed by atoms with Crippen LogP contribution in [0, 0.1) is 5.92 Å². The van der Waals surface area contributed by atoms with Crippen LogP contribution in [0.1, 0.15) is 31.7 Å². The smallest absolute Gasteiger partial charge is 0.00219 e. The average Bonchev–Trinajstić information content (AvgIpc) is 2.38. The summed E-state index contributed by atoms with van der Waals surface area (Å²) in [4.78, 5) is 2.64. The van der Waals surface area contributed by atoms with Gasteiger partial charge in [0.25, 0.3) is 0 Å². The van der Waals surface area contributed by atoms with E-state index in [1.54, 1.807) is 0 Å². The molecule has 16 heavy (non-hydrogen) atoms. The minimum Gasteiger partial charge on any atom is -0.303 e. The molecule has 1 aliphatic rings. The van der Waals surface area contributed by atoms with Gasteiger partial charge in [0, 0.05) is 13.1 Å². The van der Waals surface area contributed by atoms with E-state index in [0.29, 0.717) is 0 Å². The van der Waals surface area contributed by atoms with Gasteiger partial charge in [0.15, 0.2) is 0 Å². The molecule has 0 N–H and O–H groups in total. The Balaban J connectivity index is 1.77. The molecule has 1 heterocycles. The number of likely N-dealkylation sites (tertiary alicyclic amines) is 1. The van der Waals surface area contributed by atoms with Crippen LogP contribution >= 0.6 is 0 Å². The predicted octanol–water partition coefficient (Wildman–Crippen LogP) is 3.35. The Morgan fingerprint density at radius 1 is 1.25 bits per heavy atom. The molecule has 1 nitrogen and oxygen atoms in total. The standard InChI is InChI=1S/C15H23N/c1-2-14-9-6-11-16(13-14)12-10-15-7-4-3-5-8-15/h3-5,7-8,14H,2,6,9-13H2,1H3/t14-/m1/s1. The van der Waals surface area contributed by atoms with Crippen molar-refractivity contribution in [3.8, 4) is 0 Å². The Morgan fingerprint density at radius 3 is 2.81 bits per heavy atom. The zero-order chi connectivity index (χ0) is 11.2. The van der Waals surface area contributed by atoms with Gasteiger partial charge in [-0.2, -0.15) is 0 Å². The van der Waals surface area contributed by atoms with Gasteiger partial charge in [0.2, 0.25) is 0 Å². The summed E-state index contributed by atoms with van der Waals surface area (Å²) in [6.45, 7) is 6.19. The second kappa shape index (κ2) is 6.05. The number of benzene rings is 1. The zero-order valence-electron chi connectivity index (χ0n) is 10.4. The van der Waals surface area contributed by atoms with Crippen molar-refractivity contribution in [2.75, 3.05) is 19.6 Å². The highest BCUT2D eigenvalue weighted by molar-refractivity contribution is 5.14. The Labute approximate surface area is 99.5 Å². The maximum atomic E-state index is 2.64. The van der Waals surface area contributed by atoms with Crippen molar-refractivity contribution in [1.82, 2.24) is 4.90 Å². The van der Waals surface area contributed by atoms with E-state index in [9.17, 15) is 0 Å². The molecule has 0 radical (unpaired) electrons. The quantitative estimate of drug-likeness (QED) is 0.747. The van der Waals surface area contributed by atoms with E-state index in [0.717, 1.165) is 5.92 Å². The molecule has 1 aromatic rings. The second-order valence-electron chi connectivity index (χ2n) is 4.95. The number of hydrogen-bond acceptors (Lipinski definition) is 1. The summed E-state index contributed by atoms with van der Waals surface area (Å²) in [6.07, 6.45) is 5.39. The lowest BCUT2D eigenvalue weighted by Crippen LogP contribution is -2.36. The largest absolute Gasteiger partial charge is 0.303 e. The molecular weight excluding hydrogens is 194 g/mol. The van der Waals surface area contributed by atoms with Crippen LogP contribution in [0.3, 0.4) is 0 Å². The summed E-state index contributed by atoms with van der Waals surface area (Å²) >= 11 is 0. The van der Waals surface area contributed by atoms with E-state index in [1.807, 2.05) is 0 Å². The maximum Gasteiger partial charge on any atom is 0.00219 e. The van der Waals surface area contributed by atoms with E-state index in [1.165, 1.54) is 50.9 Å². The molecule has 0 amide bonds. The van der Waals surface area contributed by atoms with Crippen LogP contribution in [-0.4, -0.2) is 24.5 Å². The lowest BCUT2D eigenvalue weighted by atomic mass is 9.95. The summed E-state index contributed by atoms with van der Waals surface area (Å²) in [5, 5.41) is 0. The van der Waals surface area contributed by atoms with Crippen molar-refractivity contribution in [1.29, 1.82) is 0 Å². The van der Waals surface area contributed by atoms with Gasteiger partial charge in [-0.15, -0.1) is 0 Å². The Bertz CT molecular complexity index is 294. The molecule has 1 saturated heterocycles. The summed E-state index contributed by atoms with van der Waals surface area (Å²) in [5.74, 6) is 0.949. The highest BCUT2D eigenvalue weighted by Crippen LogP contribution is 2.19. The van der Waals surface area contributed by atoms with Crippen LogP contribution in [0.25, 0.3) is 0 Å². The predicted molar refractivity (Wildman–Crippen MR) is 69.6 cm³/mol. The summed E-state index contributed by atoms with van der Waals surface area (Å²) in [5.41, 5.74) is 1.47.